The van der Waals surface area contributed by atoms with Crippen molar-refractivity contribution in [3.8, 4) is 0 Å². The molecule has 0 bridgehead atoms. The highest BCUT2D eigenvalue weighted by atomic mass is 16.4. The molecule has 0 saturated heterocycles. The number of rotatable bonds is 8. The lowest BCUT2D eigenvalue weighted by Crippen LogP contribution is -2.36. The number of likely N-dealkylation sites (N-methyl/N-ethyl adjacent to an activating group) is 2. The molecule has 0 aliphatic rings. The van der Waals surface area contributed by atoms with Crippen molar-refractivity contribution in [1.29, 1.82) is 0 Å². The van der Waals surface area contributed by atoms with E-state index in [1.165, 1.54) is 0 Å². The molecule has 1 amide bonds. The Morgan fingerprint density at radius 2 is 2.11 bits per heavy atom. The fourth-order valence-electron chi connectivity index (χ4n) is 1.66. The van der Waals surface area contributed by atoms with E-state index in [2.05, 4.69) is 0 Å². The molecule has 6 heteroatoms. The van der Waals surface area contributed by atoms with E-state index in [9.17, 15) is 9.59 Å². The van der Waals surface area contributed by atoms with Gasteiger partial charge in [0.1, 0.15) is 5.76 Å². The summed E-state index contributed by atoms with van der Waals surface area (Å²) < 4.78 is 5.18. The van der Waals surface area contributed by atoms with Crippen molar-refractivity contribution < 1.29 is 19.1 Å². The normalized spacial score (nSPS) is 10.7. The highest BCUT2D eigenvalue weighted by molar-refractivity contribution is 5.77. The molecular formula is C13H20N2O4. The Morgan fingerprint density at radius 1 is 1.37 bits per heavy atom. The molecule has 0 saturated carbocycles. The molecule has 1 rings (SSSR count). The van der Waals surface area contributed by atoms with Gasteiger partial charge in [0.05, 0.1) is 19.4 Å². The quantitative estimate of drug-likeness (QED) is 0.762. The van der Waals surface area contributed by atoms with Crippen LogP contribution in [0.25, 0.3) is 0 Å². The Balaban J connectivity index is 2.27. The second-order valence-corrected chi connectivity index (χ2v) is 4.56. The fourth-order valence-corrected chi connectivity index (χ4v) is 1.66. The topological polar surface area (TPSA) is 74.0 Å². The van der Waals surface area contributed by atoms with E-state index in [1.807, 2.05) is 11.0 Å². The van der Waals surface area contributed by atoms with Crippen LogP contribution in [-0.2, 0) is 16.1 Å². The molecule has 106 valence electrons. The van der Waals surface area contributed by atoms with Crippen molar-refractivity contribution >= 4 is 11.9 Å². The number of carboxylic acid groups (broad SMARTS) is 1. The highest BCUT2D eigenvalue weighted by Gasteiger charge is 2.13. The van der Waals surface area contributed by atoms with E-state index in [0.29, 0.717) is 19.5 Å². The van der Waals surface area contributed by atoms with Crippen LogP contribution in [-0.4, -0.2) is 54.0 Å². The van der Waals surface area contributed by atoms with E-state index < -0.39 is 5.97 Å². The minimum atomic E-state index is -0.810. The first-order valence-corrected chi connectivity index (χ1v) is 6.15. The first kappa shape index (κ1) is 15.2. The van der Waals surface area contributed by atoms with Gasteiger partial charge in [-0.3, -0.25) is 14.5 Å². The van der Waals surface area contributed by atoms with Crippen LogP contribution in [0.1, 0.15) is 18.6 Å². The zero-order valence-electron chi connectivity index (χ0n) is 11.3. The van der Waals surface area contributed by atoms with Crippen molar-refractivity contribution in [2.75, 3.05) is 27.2 Å². The van der Waals surface area contributed by atoms with E-state index in [1.54, 1.807) is 31.3 Å². The van der Waals surface area contributed by atoms with Gasteiger partial charge >= 0.3 is 5.97 Å². The van der Waals surface area contributed by atoms with Crippen molar-refractivity contribution in [3.63, 3.8) is 0 Å². The van der Waals surface area contributed by atoms with Crippen LogP contribution in [0.5, 0.6) is 0 Å². The maximum absolute atomic E-state index is 11.9. The fraction of sp³-hybridized carbons (Fsp3) is 0.538. The molecule has 0 aliphatic heterocycles. The van der Waals surface area contributed by atoms with Crippen LogP contribution >= 0.6 is 0 Å². The molecule has 0 radical (unpaired) electrons. The van der Waals surface area contributed by atoms with Crippen molar-refractivity contribution in [1.82, 2.24) is 9.80 Å². The largest absolute Gasteiger partial charge is 0.481 e. The third-order valence-electron chi connectivity index (χ3n) is 2.73. The van der Waals surface area contributed by atoms with E-state index in [0.717, 1.165) is 5.76 Å². The molecule has 0 atom stereocenters. The molecule has 1 aromatic heterocycles. The number of nitrogens with zero attached hydrogens (tertiary/aromatic N) is 2. The number of amides is 1. The molecule has 0 unspecified atom stereocenters. The van der Waals surface area contributed by atoms with Crippen LogP contribution in [0.3, 0.4) is 0 Å². The third-order valence-corrected chi connectivity index (χ3v) is 2.73. The molecule has 1 heterocycles. The van der Waals surface area contributed by atoms with E-state index in [4.69, 9.17) is 9.52 Å². The number of aliphatic carboxylic acids is 1. The lowest BCUT2D eigenvalue weighted by atomic mass is 10.3. The van der Waals surface area contributed by atoms with Gasteiger partial charge in [-0.1, -0.05) is 0 Å². The summed E-state index contributed by atoms with van der Waals surface area (Å²) in [5, 5.41) is 8.54. The first-order valence-electron chi connectivity index (χ1n) is 6.15. The Morgan fingerprint density at radius 3 is 2.68 bits per heavy atom. The minimum Gasteiger partial charge on any atom is -0.481 e. The summed E-state index contributed by atoms with van der Waals surface area (Å²) >= 11 is 0. The van der Waals surface area contributed by atoms with Gasteiger partial charge in [-0.25, -0.2) is 0 Å². The van der Waals surface area contributed by atoms with Crippen LogP contribution < -0.4 is 0 Å². The van der Waals surface area contributed by atoms with Crippen LogP contribution in [0, 0.1) is 0 Å². The third kappa shape index (κ3) is 6.05. The SMILES string of the molecule is CN(CCCC(=O)O)CC(=O)N(C)Cc1ccco1. The van der Waals surface area contributed by atoms with Crippen LogP contribution in [0.4, 0.5) is 0 Å². The second kappa shape index (κ2) is 7.58. The smallest absolute Gasteiger partial charge is 0.303 e. The highest BCUT2D eigenvalue weighted by Crippen LogP contribution is 2.04. The molecule has 0 aromatic carbocycles. The van der Waals surface area contributed by atoms with Crippen LogP contribution in [0.2, 0.25) is 0 Å². The van der Waals surface area contributed by atoms with E-state index in [-0.39, 0.29) is 18.9 Å². The zero-order chi connectivity index (χ0) is 14.3. The maximum Gasteiger partial charge on any atom is 0.303 e. The molecule has 6 nitrogen and oxygen atoms in total. The summed E-state index contributed by atoms with van der Waals surface area (Å²) in [7, 11) is 3.52. The standard InChI is InChI=1S/C13H20N2O4/c1-14(7-3-6-13(17)18)10-12(16)15(2)9-11-5-4-8-19-11/h4-5,8H,3,6-7,9-10H2,1-2H3,(H,17,18). The Bertz CT molecular complexity index is 403. The molecule has 19 heavy (non-hydrogen) atoms. The van der Waals surface area contributed by atoms with Gasteiger partial charge in [0, 0.05) is 13.5 Å². The van der Waals surface area contributed by atoms with Crippen LogP contribution in [0.15, 0.2) is 22.8 Å². The number of furan rings is 1. The molecule has 1 N–H and O–H groups in total. The second-order valence-electron chi connectivity index (χ2n) is 4.56. The summed E-state index contributed by atoms with van der Waals surface area (Å²) in [5.41, 5.74) is 0. The summed E-state index contributed by atoms with van der Waals surface area (Å²) in [4.78, 5) is 25.7. The molecule has 1 aromatic rings. The van der Waals surface area contributed by atoms with Gasteiger partial charge in [0.25, 0.3) is 0 Å². The summed E-state index contributed by atoms with van der Waals surface area (Å²) in [6.07, 6.45) is 2.24. The Hall–Kier alpha value is -1.82. The first-order chi connectivity index (χ1) is 8.99. The lowest BCUT2D eigenvalue weighted by Gasteiger charge is -2.20. The monoisotopic (exact) mass is 268 g/mol. The summed E-state index contributed by atoms with van der Waals surface area (Å²) in [6.45, 7) is 1.30. The van der Waals surface area contributed by atoms with Gasteiger partial charge in [0.2, 0.25) is 5.91 Å². The predicted molar refractivity (Wildman–Crippen MR) is 69.5 cm³/mol. The Kier molecular flexibility index (Phi) is 6.08. The molecule has 0 spiro atoms. The average molecular weight is 268 g/mol. The predicted octanol–water partition coefficient (Wildman–Crippen LogP) is 1.03. The van der Waals surface area contributed by atoms with Crippen molar-refractivity contribution in [2.24, 2.45) is 0 Å². The van der Waals surface area contributed by atoms with Crippen molar-refractivity contribution in [3.05, 3.63) is 24.2 Å². The average Bonchev–Trinajstić information content (AvgIpc) is 2.81. The maximum atomic E-state index is 11.9. The van der Waals surface area contributed by atoms with Gasteiger partial charge in [-0.05, 0) is 32.1 Å². The summed E-state index contributed by atoms with van der Waals surface area (Å²) in [6, 6.07) is 3.60. The number of carbonyl (C=O) groups excluding carboxylic acids is 1. The number of hydrogen-bond donors (Lipinski definition) is 1. The van der Waals surface area contributed by atoms with Gasteiger partial charge < -0.3 is 14.4 Å². The minimum absolute atomic E-state index is 0.0192. The molecule has 0 aliphatic carbocycles. The molecule has 0 fully saturated rings. The van der Waals surface area contributed by atoms with Crippen molar-refractivity contribution in [2.45, 2.75) is 19.4 Å². The summed E-state index contributed by atoms with van der Waals surface area (Å²) in [5.74, 6) is -0.0896. The number of hydrogen-bond acceptors (Lipinski definition) is 4. The number of carboxylic acids is 1. The Labute approximate surface area is 112 Å². The van der Waals surface area contributed by atoms with Gasteiger partial charge in [0.15, 0.2) is 0 Å². The van der Waals surface area contributed by atoms with Gasteiger partial charge in [-0.15, -0.1) is 0 Å². The van der Waals surface area contributed by atoms with Gasteiger partial charge in [-0.2, -0.15) is 0 Å². The lowest BCUT2D eigenvalue weighted by molar-refractivity contribution is -0.137. The number of carbonyl (C=O) groups is 2. The van der Waals surface area contributed by atoms with E-state index >= 15 is 0 Å². The molecular weight excluding hydrogens is 248 g/mol. The zero-order valence-corrected chi connectivity index (χ0v) is 11.3.